The van der Waals surface area contributed by atoms with E-state index in [9.17, 15) is 13.6 Å². The predicted molar refractivity (Wildman–Crippen MR) is 116 cm³/mol. The molecule has 7 nitrogen and oxygen atoms in total. The van der Waals surface area contributed by atoms with Crippen LogP contribution in [0.25, 0.3) is 5.70 Å². The Labute approximate surface area is 191 Å². The molecule has 1 N–H and O–H groups in total. The molecule has 3 fully saturated rings. The van der Waals surface area contributed by atoms with Crippen molar-refractivity contribution < 1.29 is 32.6 Å². The van der Waals surface area contributed by atoms with E-state index >= 15 is 0 Å². The van der Waals surface area contributed by atoms with E-state index in [0.717, 1.165) is 43.4 Å². The van der Waals surface area contributed by atoms with Crippen LogP contribution in [0.1, 0.15) is 50.5 Å². The molecule has 1 atom stereocenters. The van der Waals surface area contributed by atoms with E-state index in [0.29, 0.717) is 39.1 Å². The molecule has 33 heavy (non-hydrogen) atoms. The summed E-state index contributed by atoms with van der Waals surface area (Å²) in [6.07, 6.45) is 8.08. The molecule has 0 bridgehead atoms. The third-order valence-electron chi connectivity index (χ3n) is 7.01. The highest BCUT2D eigenvalue weighted by molar-refractivity contribution is 5.79. The number of carbonyl (C=O) groups excluding carboxylic acids is 1. The van der Waals surface area contributed by atoms with Gasteiger partial charge < -0.3 is 19.1 Å². The van der Waals surface area contributed by atoms with Crippen molar-refractivity contribution in [2.24, 2.45) is 5.92 Å². The standard InChI is InChI=1S/C24H30F2N2O5/c25-23(26)32-20-6-5-17(19-14-24(33-27-19)9-12-30-15-24)13-21(20)31-18-7-10-28(11-8-18)22(29)16-3-1-2-4-16/h5-6,13-14,16,18,23,27H,1-4,7-12,15H2. The summed E-state index contributed by atoms with van der Waals surface area (Å²) >= 11 is 0. The van der Waals surface area contributed by atoms with Gasteiger partial charge in [-0.1, -0.05) is 12.8 Å². The average molecular weight is 465 g/mol. The largest absolute Gasteiger partial charge is 0.486 e. The minimum absolute atomic E-state index is 0.00311. The number of hydroxylamine groups is 1. The van der Waals surface area contributed by atoms with Crippen molar-refractivity contribution in [2.75, 3.05) is 26.3 Å². The lowest BCUT2D eigenvalue weighted by Crippen LogP contribution is -2.44. The van der Waals surface area contributed by atoms with Crippen molar-refractivity contribution in [3.8, 4) is 11.5 Å². The first kappa shape index (κ1) is 22.4. The number of benzene rings is 1. The van der Waals surface area contributed by atoms with Gasteiger partial charge in [0.25, 0.3) is 0 Å². The molecule has 1 spiro atoms. The molecule has 1 aliphatic carbocycles. The van der Waals surface area contributed by atoms with Crippen molar-refractivity contribution >= 4 is 11.6 Å². The Kier molecular flexibility index (Phi) is 6.42. The minimum atomic E-state index is -2.95. The molecule has 9 heteroatoms. The quantitative estimate of drug-likeness (QED) is 0.689. The molecular formula is C24H30F2N2O5. The fraction of sp³-hybridized carbons (Fsp3) is 0.625. The second-order valence-electron chi connectivity index (χ2n) is 9.29. The number of halogens is 2. The zero-order valence-electron chi connectivity index (χ0n) is 18.6. The van der Waals surface area contributed by atoms with Crippen LogP contribution in [0.3, 0.4) is 0 Å². The number of nitrogens with zero attached hydrogens (tertiary/aromatic N) is 1. The van der Waals surface area contributed by atoms with Crippen molar-refractivity contribution in [1.82, 2.24) is 10.4 Å². The number of piperidine rings is 1. The number of alkyl halides is 2. The Bertz CT molecular complexity index is 889. The summed E-state index contributed by atoms with van der Waals surface area (Å²) in [6, 6.07) is 4.89. The molecular weight excluding hydrogens is 434 g/mol. The number of amides is 1. The summed E-state index contributed by atoms with van der Waals surface area (Å²) in [4.78, 5) is 20.3. The lowest BCUT2D eigenvalue weighted by atomic mass is 10.0. The maximum Gasteiger partial charge on any atom is 0.387 e. The molecule has 3 aliphatic heterocycles. The van der Waals surface area contributed by atoms with Gasteiger partial charge in [-0.05, 0) is 37.1 Å². The highest BCUT2D eigenvalue weighted by atomic mass is 19.3. The van der Waals surface area contributed by atoms with Gasteiger partial charge in [-0.25, -0.2) is 0 Å². The lowest BCUT2D eigenvalue weighted by molar-refractivity contribution is -0.137. The second kappa shape index (κ2) is 9.46. The summed E-state index contributed by atoms with van der Waals surface area (Å²) in [7, 11) is 0. The Balaban J connectivity index is 1.27. The third-order valence-corrected chi connectivity index (χ3v) is 7.01. The summed E-state index contributed by atoms with van der Waals surface area (Å²) < 4.78 is 42.3. The van der Waals surface area contributed by atoms with Crippen LogP contribution >= 0.6 is 0 Å². The fourth-order valence-electron chi connectivity index (χ4n) is 5.14. The molecule has 0 aromatic heterocycles. The molecule has 1 amide bonds. The van der Waals surface area contributed by atoms with E-state index in [1.807, 2.05) is 11.0 Å². The van der Waals surface area contributed by atoms with E-state index < -0.39 is 12.2 Å². The molecule has 180 valence electrons. The van der Waals surface area contributed by atoms with Gasteiger partial charge in [-0.3, -0.25) is 15.1 Å². The van der Waals surface area contributed by atoms with E-state index in [4.69, 9.17) is 19.0 Å². The fourth-order valence-corrected chi connectivity index (χ4v) is 5.14. The van der Waals surface area contributed by atoms with Crippen LogP contribution in [0.15, 0.2) is 24.3 Å². The average Bonchev–Trinajstić information content (AvgIpc) is 3.58. The van der Waals surface area contributed by atoms with Crippen LogP contribution in [0.5, 0.6) is 11.5 Å². The zero-order chi connectivity index (χ0) is 22.8. The maximum atomic E-state index is 13.0. The lowest BCUT2D eigenvalue weighted by Gasteiger charge is -2.34. The van der Waals surface area contributed by atoms with Crippen molar-refractivity contribution in [1.29, 1.82) is 0 Å². The van der Waals surface area contributed by atoms with Gasteiger partial charge in [-0.15, -0.1) is 0 Å². The molecule has 4 aliphatic rings. The van der Waals surface area contributed by atoms with E-state index in [2.05, 4.69) is 5.48 Å². The van der Waals surface area contributed by atoms with Gasteiger partial charge in [0.15, 0.2) is 11.5 Å². The first-order valence-corrected chi connectivity index (χ1v) is 11.8. The summed E-state index contributed by atoms with van der Waals surface area (Å²) in [5, 5.41) is 0. The van der Waals surface area contributed by atoms with Gasteiger partial charge in [0.2, 0.25) is 5.91 Å². The smallest absolute Gasteiger partial charge is 0.387 e. The second-order valence-corrected chi connectivity index (χ2v) is 9.29. The predicted octanol–water partition coefficient (Wildman–Crippen LogP) is 3.88. The zero-order valence-corrected chi connectivity index (χ0v) is 18.6. The van der Waals surface area contributed by atoms with Crippen molar-refractivity contribution in [3.05, 3.63) is 29.8 Å². The molecule has 0 radical (unpaired) electrons. The van der Waals surface area contributed by atoms with E-state index in [1.165, 1.54) is 6.07 Å². The normalized spacial score (nSPS) is 26.2. The maximum absolute atomic E-state index is 13.0. The molecule has 5 rings (SSSR count). The van der Waals surface area contributed by atoms with Crippen LogP contribution in [0.2, 0.25) is 0 Å². The molecule has 1 aromatic carbocycles. The Hall–Kier alpha value is -2.39. The molecule has 3 heterocycles. The summed E-state index contributed by atoms with van der Waals surface area (Å²) in [5.41, 5.74) is 3.94. The minimum Gasteiger partial charge on any atom is -0.486 e. The van der Waals surface area contributed by atoms with E-state index in [-0.39, 0.29) is 29.4 Å². The first-order chi connectivity index (χ1) is 16.0. The van der Waals surface area contributed by atoms with Crippen LogP contribution in [-0.2, 0) is 14.4 Å². The topological polar surface area (TPSA) is 69.3 Å². The van der Waals surface area contributed by atoms with Crippen LogP contribution in [-0.4, -0.2) is 55.4 Å². The van der Waals surface area contributed by atoms with Crippen molar-refractivity contribution in [3.63, 3.8) is 0 Å². The SMILES string of the molecule is O=C(C1CCCC1)N1CCC(Oc2cc(C3=CC4(CCOC4)ON3)ccc2OC(F)F)CC1. The molecule has 2 saturated heterocycles. The number of hydrogen-bond donors (Lipinski definition) is 1. The van der Waals surface area contributed by atoms with Crippen LogP contribution in [0.4, 0.5) is 8.78 Å². The van der Waals surface area contributed by atoms with Crippen LogP contribution < -0.4 is 15.0 Å². The number of rotatable bonds is 6. The Morgan fingerprint density at radius 3 is 2.64 bits per heavy atom. The Morgan fingerprint density at radius 2 is 1.94 bits per heavy atom. The monoisotopic (exact) mass is 464 g/mol. The molecule has 1 aromatic rings. The number of carbonyl (C=O) groups is 1. The van der Waals surface area contributed by atoms with Gasteiger partial charge in [0.1, 0.15) is 11.7 Å². The summed E-state index contributed by atoms with van der Waals surface area (Å²) in [5.74, 6) is 0.670. The Morgan fingerprint density at radius 1 is 1.15 bits per heavy atom. The van der Waals surface area contributed by atoms with Crippen molar-refractivity contribution in [2.45, 2.75) is 63.3 Å². The third kappa shape index (κ3) is 4.94. The van der Waals surface area contributed by atoms with Gasteiger partial charge in [-0.2, -0.15) is 8.78 Å². The van der Waals surface area contributed by atoms with E-state index in [1.54, 1.807) is 12.1 Å². The van der Waals surface area contributed by atoms with Crippen LogP contribution in [0, 0.1) is 5.92 Å². The first-order valence-electron chi connectivity index (χ1n) is 11.8. The number of ether oxygens (including phenoxy) is 3. The number of nitrogens with one attached hydrogen (secondary N) is 1. The molecule has 1 unspecified atom stereocenters. The van der Waals surface area contributed by atoms with Gasteiger partial charge >= 0.3 is 6.61 Å². The number of hydrogen-bond acceptors (Lipinski definition) is 6. The highest BCUT2D eigenvalue weighted by Gasteiger charge is 2.39. The van der Waals surface area contributed by atoms with Gasteiger partial charge in [0, 0.05) is 50.4 Å². The molecule has 1 saturated carbocycles. The number of likely N-dealkylation sites (tertiary alicyclic amines) is 1. The summed E-state index contributed by atoms with van der Waals surface area (Å²) in [6.45, 7) is -0.614. The highest BCUT2D eigenvalue weighted by Crippen LogP contribution is 2.37. The van der Waals surface area contributed by atoms with Gasteiger partial charge in [0.05, 0.1) is 12.3 Å².